The van der Waals surface area contributed by atoms with Crippen molar-refractivity contribution in [3.8, 4) is 0 Å². The Morgan fingerprint density at radius 3 is 2.52 bits per heavy atom. The minimum absolute atomic E-state index is 0.144. The van der Waals surface area contributed by atoms with E-state index in [-0.39, 0.29) is 11.7 Å². The Morgan fingerprint density at radius 1 is 1.07 bits per heavy atom. The van der Waals surface area contributed by atoms with Crippen LogP contribution in [0, 0.1) is 0 Å². The van der Waals surface area contributed by atoms with Gasteiger partial charge >= 0.3 is 0 Å². The van der Waals surface area contributed by atoms with Gasteiger partial charge < -0.3 is 15.1 Å². The number of hydrogen-bond acceptors (Lipinski definition) is 6. The van der Waals surface area contributed by atoms with Gasteiger partial charge in [0.2, 0.25) is 5.95 Å². The maximum absolute atomic E-state index is 13.0. The maximum Gasteiger partial charge on any atom is 0.227 e. The Balaban J connectivity index is 1.70. The molecular weight excluding hydrogens is 338 g/mol. The van der Waals surface area contributed by atoms with Gasteiger partial charge in [-0.25, -0.2) is 4.98 Å². The Kier molecular flexibility index (Phi) is 5.07. The van der Waals surface area contributed by atoms with E-state index in [1.165, 1.54) is 5.56 Å². The number of piperazine rings is 1. The number of aromatic nitrogens is 2. The number of likely N-dealkylation sites (N-methyl/N-ethyl adjacent to an activating group) is 1. The summed E-state index contributed by atoms with van der Waals surface area (Å²) in [6.45, 7) is 6.60. The zero-order chi connectivity index (χ0) is 18.8. The molecular formula is C21H27N5O. The molecule has 0 amide bonds. The lowest BCUT2D eigenvalue weighted by atomic mass is 9.82. The van der Waals surface area contributed by atoms with Crippen LogP contribution in [0.25, 0.3) is 0 Å². The highest BCUT2D eigenvalue weighted by Gasteiger charge is 2.32. The third kappa shape index (κ3) is 3.67. The number of nitrogens with zero attached hydrogens (tertiary/aromatic N) is 4. The lowest BCUT2D eigenvalue weighted by Crippen LogP contribution is -2.45. The second-order valence-corrected chi connectivity index (χ2v) is 7.45. The monoisotopic (exact) mass is 365 g/mol. The Morgan fingerprint density at radius 2 is 1.81 bits per heavy atom. The Bertz CT molecular complexity index is 815. The van der Waals surface area contributed by atoms with Gasteiger partial charge in [0.1, 0.15) is 5.82 Å². The van der Waals surface area contributed by atoms with Crippen LogP contribution < -0.4 is 10.2 Å². The van der Waals surface area contributed by atoms with Crippen molar-refractivity contribution >= 4 is 17.5 Å². The van der Waals surface area contributed by atoms with Crippen molar-refractivity contribution in [1.82, 2.24) is 14.9 Å². The summed E-state index contributed by atoms with van der Waals surface area (Å²) < 4.78 is 0. The van der Waals surface area contributed by atoms with Gasteiger partial charge in [0.25, 0.3) is 0 Å². The standard InChI is InChI=1S/C21H27N5O/c1-3-22-20-19-17(23-21(24-20)26-11-9-25(2)10-12-26)13-16(14-18(19)27)15-7-5-4-6-8-15/h4-8,16H,3,9-14H2,1-2H3,(H,22,23,24)/t16-/m1/s1. The van der Waals surface area contributed by atoms with Crippen LogP contribution in [-0.4, -0.2) is 60.4 Å². The number of Topliss-reactive ketones (excluding diaryl/α,β-unsaturated/α-hetero) is 1. The average molecular weight is 365 g/mol. The highest BCUT2D eigenvalue weighted by Crippen LogP contribution is 2.35. The molecule has 0 unspecified atom stereocenters. The molecule has 1 aliphatic carbocycles. The summed E-state index contributed by atoms with van der Waals surface area (Å²) in [5, 5.41) is 3.30. The lowest BCUT2D eigenvalue weighted by Gasteiger charge is -2.33. The summed E-state index contributed by atoms with van der Waals surface area (Å²) in [6.07, 6.45) is 1.30. The molecule has 1 aromatic heterocycles. The molecule has 142 valence electrons. The van der Waals surface area contributed by atoms with Gasteiger partial charge in [-0.1, -0.05) is 30.3 Å². The van der Waals surface area contributed by atoms with Crippen molar-refractivity contribution in [2.45, 2.75) is 25.7 Å². The van der Waals surface area contributed by atoms with Crippen molar-refractivity contribution in [3.05, 3.63) is 47.2 Å². The molecule has 0 spiro atoms. The van der Waals surface area contributed by atoms with E-state index < -0.39 is 0 Å². The van der Waals surface area contributed by atoms with Crippen LogP contribution >= 0.6 is 0 Å². The molecule has 1 aromatic carbocycles. The summed E-state index contributed by atoms with van der Waals surface area (Å²) in [7, 11) is 2.14. The van der Waals surface area contributed by atoms with E-state index in [0.717, 1.165) is 50.8 Å². The molecule has 1 atom stereocenters. The molecule has 2 heterocycles. The van der Waals surface area contributed by atoms with E-state index in [4.69, 9.17) is 9.97 Å². The summed E-state index contributed by atoms with van der Waals surface area (Å²) in [5.41, 5.74) is 2.79. The molecule has 0 bridgehead atoms. The molecule has 6 nitrogen and oxygen atoms in total. The number of rotatable bonds is 4. The normalized spacial score (nSPS) is 20.4. The van der Waals surface area contributed by atoms with Crippen LogP contribution in [0.15, 0.2) is 30.3 Å². The van der Waals surface area contributed by atoms with Gasteiger partial charge in [-0.3, -0.25) is 4.79 Å². The molecule has 1 fully saturated rings. The fourth-order valence-electron chi connectivity index (χ4n) is 3.97. The number of carbonyl (C=O) groups excluding carboxylic acids is 1. The number of carbonyl (C=O) groups is 1. The molecule has 2 aliphatic rings. The summed E-state index contributed by atoms with van der Waals surface area (Å²) >= 11 is 0. The van der Waals surface area contributed by atoms with Crippen LogP contribution in [0.2, 0.25) is 0 Å². The van der Waals surface area contributed by atoms with Crippen LogP contribution in [-0.2, 0) is 6.42 Å². The van der Waals surface area contributed by atoms with Crippen molar-refractivity contribution < 1.29 is 4.79 Å². The first-order chi connectivity index (χ1) is 13.2. The minimum atomic E-state index is 0.144. The van der Waals surface area contributed by atoms with Crippen molar-refractivity contribution in [2.75, 3.05) is 50.0 Å². The predicted octanol–water partition coefficient (Wildman–Crippen LogP) is 2.57. The van der Waals surface area contributed by atoms with Gasteiger partial charge in [0, 0.05) is 39.1 Å². The molecule has 27 heavy (non-hydrogen) atoms. The lowest BCUT2D eigenvalue weighted by molar-refractivity contribution is 0.0963. The fourth-order valence-corrected chi connectivity index (χ4v) is 3.97. The molecule has 4 rings (SSSR count). The quantitative estimate of drug-likeness (QED) is 0.899. The van der Waals surface area contributed by atoms with Gasteiger partial charge in [-0.2, -0.15) is 4.98 Å². The maximum atomic E-state index is 13.0. The zero-order valence-electron chi connectivity index (χ0n) is 16.1. The van der Waals surface area contributed by atoms with Gasteiger partial charge in [0.05, 0.1) is 11.3 Å². The van der Waals surface area contributed by atoms with Crippen molar-refractivity contribution in [2.24, 2.45) is 0 Å². The average Bonchev–Trinajstić information content (AvgIpc) is 2.69. The van der Waals surface area contributed by atoms with Crippen molar-refractivity contribution in [3.63, 3.8) is 0 Å². The van der Waals surface area contributed by atoms with Crippen molar-refractivity contribution in [1.29, 1.82) is 0 Å². The number of ketones is 1. The van der Waals surface area contributed by atoms with E-state index in [1.54, 1.807) is 0 Å². The number of hydrogen-bond donors (Lipinski definition) is 1. The first kappa shape index (κ1) is 17.9. The second kappa shape index (κ2) is 7.64. The first-order valence-corrected chi connectivity index (χ1v) is 9.82. The largest absolute Gasteiger partial charge is 0.370 e. The first-order valence-electron chi connectivity index (χ1n) is 9.82. The molecule has 1 aliphatic heterocycles. The van der Waals surface area contributed by atoms with Gasteiger partial charge in [-0.15, -0.1) is 0 Å². The third-order valence-electron chi connectivity index (χ3n) is 5.52. The van der Waals surface area contributed by atoms with E-state index >= 15 is 0 Å². The highest BCUT2D eigenvalue weighted by molar-refractivity contribution is 6.03. The molecule has 0 radical (unpaired) electrons. The van der Waals surface area contributed by atoms with Gasteiger partial charge in [-0.05, 0) is 31.9 Å². The van der Waals surface area contributed by atoms with E-state index in [1.807, 2.05) is 25.1 Å². The molecule has 6 heteroatoms. The minimum Gasteiger partial charge on any atom is -0.370 e. The van der Waals surface area contributed by atoms with E-state index in [0.29, 0.717) is 17.8 Å². The van der Waals surface area contributed by atoms with Crippen LogP contribution in [0.3, 0.4) is 0 Å². The topological polar surface area (TPSA) is 61.4 Å². The number of benzene rings is 1. The van der Waals surface area contributed by atoms with Crippen LogP contribution in [0.5, 0.6) is 0 Å². The van der Waals surface area contributed by atoms with Crippen LogP contribution in [0.1, 0.15) is 40.9 Å². The Hall–Kier alpha value is -2.47. The molecule has 1 N–H and O–H groups in total. The second-order valence-electron chi connectivity index (χ2n) is 7.45. The predicted molar refractivity (Wildman–Crippen MR) is 108 cm³/mol. The highest BCUT2D eigenvalue weighted by atomic mass is 16.1. The SMILES string of the molecule is CCNc1nc(N2CCN(C)CC2)nc2c1C(=O)C[C@H](c1ccccc1)C2. The smallest absolute Gasteiger partial charge is 0.227 e. The van der Waals surface area contributed by atoms with Crippen LogP contribution in [0.4, 0.5) is 11.8 Å². The Labute approximate surface area is 160 Å². The third-order valence-corrected chi connectivity index (χ3v) is 5.52. The molecule has 1 saturated heterocycles. The fraction of sp³-hybridized carbons (Fsp3) is 0.476. The van der Waals surface area contributed by atoms with Gasteiger partial charge in [0.15, 0.2) is 5.78 Å². The number of nitrogens with one attached hydrogen (secondary N) is 1. The summed E-state index contributed by atoms with van der Waals surface area (Å²) in [5.74, 6) is 1.79. The zero-order valence-corrected chi connectivity index (χ0v) is 16.1. The summed E-state index contributed by atoms with van der Waals surface area (Å²) in [4.78, 5) is 27.1. The van der Waals surface area contributed by atoms with E-state index in [2.05, 4.69) is 34.3 Å². The summed E-state index contributed by atoms with van der Waals surface area (Å²) in [6, 6.07) is 10.3. The van der Waals surface area contributed by atoms with E-state index in [9.17, 15) is 4.79 Å². The molecule has 2 aromatic rings. The number of fused-ring (bicyclic) bond motifs is 1. The number of anilines is 2. The molecule has 0 saturated carbocycles.